The molecule has 7 N–H and O–H groups in total. The van der Waals surface area contributed by atoms with Crippen LogP contribution in [0.5, 0.6) is 0 Å². The molecule has 0 radical (unpaired) electrons. The molecule has 2 rings (SSSR count). The average molecular weight is 464 g/mol. The highest BCUT2D eigenvalue weighted by Crippen LogP contribution is 2.24. The lowest BCUT2D eigenvalue weighted by Crippen LogP contribution is -2.75. The van der Waals surface area contributed by atoms with Gasteiger partial charge in [0.15, 0.2) is 16.9 Å². The van der Waals surface area contributed by atoms with Crippen LogP contribution in [0.4, 0.5) is 5.13 Å². The van der Waals surface area contributed by atoms with Crippen molar-refractivity contribution in [3.63, 3.8) is 0 Å². The molecule has 0 saturated carbocycles. The highest BCUT2D eigenvalue weighted by Gasteiger charge is 2.57. The summed E-state index contributed by atoms with van der Waals surface area (Å²) in [6.07, 6.45) is 0. The molecule has 2 atom stereocenters. The summed E-state index contributed by atoms with van der Waals surface area (Å²) in [5.41, 5.74) is 7.94. The van der Waals surface area contributed by atoms with Gasteiger partial charge in [-0.3, -0.25) is 18.9 Å². The van der Waals surface area contributed by atoms with Gasteiger partial charge < -0.3 is 26.7 Å². The summed E-state index contributed by atoms with van der Waals surface area (Å²) < 4.78 is 31.3. The highest BCUT2D eigenvalue weighted by atomic mass is 32.2. The number of carboxylic acid groups (broad SMARTS) is 1. The first-order valence-electron chi connectivity index (χ1n) is 7.78. The Kier molecular flexibility index (Phi) is 6.00. The first kappa shape index (κ1) is 23.0. The Bertz CT molecular complexity index is 1050. The number of oxime groups is 1. The number of nitrogens with one attached hydrogen (secondary N) is 1. The summed E-state index contributed by atoms with van der Waals surface area (Å²) in [5, 5.41) is 15.9. The summed E-state index contributed by atoms with van der Waals surface area (Å²) in [4.78, 5) is 56.0. The molecule has 164 valence electrons. The number of amides is 3. The van der Waals surface area contributed by atoms with Crippen molar-refractivity contribution in [1.29, 1.82) is 0 Å². The van der Waals surface area contributed by atoms with Crippen molar-refractivity contribution in [2.75, 3.05) is 5.73 Å². The summed E-state index contributed by atoms with van der Waals surface area (Å²) >= 11 is 0.910. The van der Waals surface area contributed by atoms with Gasteiger partial charge in [0.05, 0.1) is 0 Å². The van der Waals surface area contributed by atoms with Crippen LogP contribution in [0.25, 0.3) is 0 Å². The Balaban J connectivity index is 2.34. The number of aromatic nitrogens is 1. The minimum Gasteiger partial charge on any atom is -0.478 e. The molecule has 30 heavy (non-hydrogen) atoms. The third-order valence-corrected chi connectivity index (χ3v) is 5.32. The molecule has 15 nitrogen and oxygen atoms in total. The SMILES string of the molecule is CC(C)(O/N=C(/C(=O)N[C@H]1C(=O)N(S(=O)(=O)O)[C@@H]1C(N)=O)c1csc(N)n1)C(=O)O. The normalized spacial score (nSPS) is 19.8. The Morgan fingerprint density at radius 2 is 2.00 bits per heavy atom. The van der Waals surface area contributed by atoms with E-state index in [-0.39, 0.29) is 15.1 Å². The number of carboxylic acids is 1. The van der Waals surface area contributed by atoms with Gasteiger partial charge in [-0.15, -0.1) is 11.3 Å². The zero-order chi connectivity index (χ0) is 23.0. The summed E-state index contributed by atoms with van der Waals surface area (Å²) in [7, 11) is -5.10. The number of anilines is 1. The zero-order valence-electron chi connectivity index (χ0n) is 15.3. The molecule has 1 aliphatic heterocycles. The van der Waals surface area contributed by atoms with Gasteiger partial charge in [-0.2, -0.15) is 12.7 Å². The number of nitrogens with zero attached hydrogens (tertiary/aromatic N) is 3. The largest absolute Gasteiger partial charge is 0.478 e. The fraction of sp³-hybridized carbons (Fsp3) is 0.385. The topological polar surface area (TPSA) is 245 Å². The number of nitrogens with two attached hydrogens (primary N) is 2. The third kappa shape index (κ3) is 4.47. The van der Waals surface area contributed by atoms with Crippen molar-refractivity contribution in [3.05, 3.63) is 11.1 Å². The van der Waals surface area contributed by atoms with Crippen molar-refractivity contribution < 1.29 is 42.1 Å². The number of thiazole rings is 1. The molecule has 2 heterocycles. The predicted octanol–water partition coefficient (Wildman–Crippen LogP) is -2.71. The van der Waals surface area contributed by atoms with E-state index in [0.717, 1.165) is 25.2 Å². The quantitative estimate of drug-likeness (QED) is 0.114. The maximum atomic E-state index is 12.6. The lowest BCUT2D eigenvalue weighted by atomic mass is 9.98. The standard InChI is InChI=1S/C13H16N6O9S2/c1-13(2,11(23)24)28-18-5(4-3-29-12(15)16-4)9(21)17-6-7(8(14)20)19(10(6)22)30(25,26)27/h3,6-7H,1-2H3,(H2,14,20)(H2,15,16)(H,17,21)(H,23,24)(H,25,26,27)/b18-5+/t6-,7+/m1/s1. The molecule has 1 aliphatic rings. The second kappa shape index (κ2) is 7.84. The van der Waals surface area contributed by atoms with Crippen LogP contribution in [-0.2, 0) is 34.3 Å². The number of primary amides is 1. The van der Waals surface area contributed by atoms with Crippen LogP contribution in [0.1, 0.15) is 19.5 Å². The average Bonchev–Trinajstić information content (AvgIpc) is 3.01. The molecule has 0 aromatic carbocycles. The molecule has 1 fully saturated rings. The second-order valence-electron chi connectivity index (χ2n) is 6.33. The van der Waals surface area contributed by atoms with E-state index in [9.17, 15) is 27.6 Å². The number of rotatable bonds is 8. The van der Waals surface area contributed by atoms with E-state index in [1.807, 2.05) is 5.32 Å². The molecule has 1 saturated heterocycles. The minimum absolute atomic E-state index is 0.0234. The maximum absolute atomic E-state index is 12.6. The molecule has 0 unspecified atom stereocenters. The predicted molar refractivity (Wildman–Crippen MR) is 99.2 cm³/mol. The van der Waals surface area contributed by atoms with Gasteiger partial charge in [0.25, 0.3) is 11.8 Å². The van der Waals surface area contributed by atoms with E-state index in [2.05, 4.69) is 10.1 Å². The van der Waals surface area contributed by atoms with Crippen LogP contribution in [0.2, 0.25) is 0 Å². The van der Waals surface area contributed by atoms with Gasteiger partial charge in [0.2, 0.25) is 11.5 Å². The molecule has 3 amide bonds. The van der Waals surface area contributed by atoms with Crippen LogP contribution < -0.4 is 16.8 Å². The van der Waals surface area contributed by atoms with Crippen molar-refractivity contribution in [1.82, 2.24) is 14.6 Å². The summed E-state index contributed by atoms with van der Waals surface area (Å²) in [5.74, 6) is -5.24. The number of carbonyl (C=O) groups is 4. The molecule has 17 heteroatoms. The fourth-order valence-electron chi connectivity index (χ4n) is 2.15. The number of aliphatic carboxylic acids is 1. The van der Waals surface area contributed by atoms with Gasteiger partial charge in [-0.25, -0.2) is 9.78 Å². The minimum atomic E-state index is -5.10. The smallest absolute Gasteiger partial charge is 0.363 e. The highest BCUT2D eigenvalue weighted by molar-refractivity contribution is 7.84. The monoisotopic (exact) mass is 464 g/mol. The maximum Gasteiger partial charge on any atom is 0.363 e. The second-order valence-corrected chi connectivity index (χ2v) is 8.51. The molecular weight excluding hydrogens is 448 g/mol. The van der Waals surface area contributed by atoms with Crippen molar-refractivity contribution >= 4 is 56.2 Å². The first-order valence-corrected chi connectivity index (χ1v) is 10.1. The van der Waals surface area contributed by atoms with E-state index in [1.165, 1.54) is 5.38 Å². The number of β-lactam (4-membered cyclic amide) rings is 1. The van der Waals surface area contributed by atoms with Gasteiger partial charge in [-0.1, -0.05) is 5.16 Å². The van der Waals surface area contributed by atoms with Gasteiger partial charge in [0.1, 0.15) is 11.7 Å². The van der Waals surface area contributed by atoms with Crippen molar-refractivity contribution in [2.24, 2.45) is 10.9 Å². The molecule has 0 spiro atoms. The fourth-order valence-corrected chi connectivity index (χ4v) is 3.55. The van der Waals surface area contributed by atoms with Crippen LogP contribution in [0.15, 0.2) is 10.5 Å². The Morgan fingerprint density at radius 3 is 2.43 bits per heavy atom. The van der Waals surface area contributed by atoms with E-state index in [1.54, 1.807) is 0 Å². The molecular formula is C13H16N6O9S2. The lowest BCUT2D eigenvalue weighted by molar-refractivity contribution is -0.161. The summed E-state index contributed by atoms with van der Waals surface area (Å²) in [6.45, 7) is 2.29. The number of carbonyl (C=O) groups excluding carboxylic acids is 3. The Labute approximate surface area is 172 Å². The molecule has 1 aromatic heterocycles. The van der Waals surface area contributed by atoms with Crippen LogP contribution in [0.3, 0.4) is 0 Å². The molecule has 0 bridgehead atoms. The van der Waals surface area contributed by atoms with Crippen LogP contribution in [0, 0.1) is 0 Å². The first-order chi connectivity index (χ1) is 13.7. The lowest BCUT2D eigenvalue weighted by Gasteiger charge is -2.41. The van der Waals surface area contributed by atoms with E-state index >= 15 is 0 Å². The van der Waals surface area contributed by atoms with Crippen molar-refractivity contribution in [3.8, 4) is 0 Å². The van der Waals surface area contributed by atoms with Crippen LogP contribution in [-0.4, -0.2) is 74.5 Å². The van der Waals surface area contributed by atoms with Gasteiger partial charge >= 0.3 is 16.3 Å². The Morgan fingerprint density at radius 1 is 1.40 bits per heavy atom. The number of hydrogen-bond acceptors (Lipinski definition) is 11. The summed E-state index contributed by atoms with van der Waals surface area (Å²) in [6, 6.07) is -3.64. The van der Waals surface area contributed by atoms with Crippen LogP contribution >= 0.6 is 11.3 Å². The van der Waals surface area contributed by atoms with Crippen molar-refractivity contribution in [2.45, 2.75) is 31.5 Å². The van der Waals surface area contributed by atoms with E-state index in [4.69, 9.17) is 26.0 Å². The van der Waals surface area contributed by atoms with E-state index < -0.39 is 57.4 Å². The number of nitrogen functional groups attached to an aromatic ring is 1. The van der Waals surface area contributed by atoms with E-state index in [0.29, 0.717) is 0 Å². The number of hydrogen-bond donors (Lipinski definition) is 5. The third-order valence-electron chi connectivity index (χ3n) is 3.74. The molecule has 1 aromatic rings. The zero-order valence-corrected chi connectivity index (χ0v) is 16.9. The Hall–Kier alpha value is -3.31. The molecule has 0 aliphatic carbocycles. The van der Waals surface area contributed by atoms with Gasteiger partial charge in [-0.05, 0) is 13.8 Å². The van der Waals surface area contributed by atoms with Gasteiger partial charge in [0, 0.05) is 5.38 Å².